The van der Waals surface area contributed by atoms with Crippen LogP contribution in [0.4, 0.5) is 0 Å². The number of unbranched alkanes of at least 4 members (excludes halogenated alkanes) is 1. The molecular formula is C28H44N6O5S. The van der Waals surface area contributed by atoms with Crippen LogP contribution in [-0.4, -0.2) is 76.5 Å². The second kappa shape index (κ2) is 16.9. The maximum absolute atomic E-state index is 13.6. The van der Waals surface area contributed by atoms with Crippen molar-refractivity contribution in [3.63, 3.8) is 0 Å². The number of nitrogens with one attached hydrogen (secondary N) is 4. The molecule has 0 aliphatic heterocycles. The molecule has 0 aliphatic carbocycles. The molecule has 1 aromatic heterocycles. The summed E-state index contributed by atoms with van der Waals surface area (Å²) in [5, 5.41) is 18.7. The Morgan fingerprint density at radius 1 is 1.00 bits per heavy atom. The van der Waals surface area contributed by atoms with Crippen molar-refractivity contribution in [3.05, 3.63) is 36.0 Å². The average molecular weight is 577 g/mol. The molecule has 0 fully saturated rings. The predicted octanol–water partition coefficient (Wildman–Crippen LogP) is 1.50. The van der Waals surface area contributed by atoms with Crippen LogP contribution in [0.1, 0.15) is 51.5 Å². The van der Waals surface area contributed by atoms with Crippen LogP contribution in [0.2, 0.25) is 0 Å². The monoisotopic (exact) mass is 576 g/mol. The van der Waals surface area contributed by atoms with E-state index >= 15 is 0 Å². The van der Waals surface area contributed by atoms with Crippen molar-refractivity contribution in [3.8, 4) is 0 Å². The summed E-state index contributed by atoms with van der Waals surface area (Å²) in [6, 6.07) is 3.68. The summed E-state index contributed by atoms with van der Waals surface area (Å²) in [5.41, 5.74) is 13.2. The van der Waals surface area contributed by atoms with Gasteiger partial charge in [0.25, 0.3) is 0 Å². The van der Waals surface area contributed by atoms with Crippen molar-refractivity contribution >= 4 is 46.4 Å². The Kier molecular flexibility index (Phi) is 14.0. The van der Waals surface area contributed by atoms with Crippen molar-refractivity contribution < 1.29 is 24.3 Å². The molecule has 11 nitrogen and oxygen atoms in total. The van der Waals surface area contributed by atoms with Crippen LogP contribution >= 0.6 is 11.8 Å². The quantitative estimate of drug-likeness (QED) is 0.130. The summed E-state index contributed by atoms with van der Waals surface area (Å²) in [6.07, 6.45) is 6.25. The van der Waals surface area contributed by atoms with E-state index in [9.17, 15) is 24.3 Å². The molecule has 9 N–H and O–H groups in total. The number of thioether (sulfide) groups is 1. The van der Waals surface area contributed by atoms with Gasteiger partial charge in [-0.05, 0) is 61.8 Å². The van der Waals surface area contributed by atoms with Crippen molar-refractivity contribution in [2.75, 3.05) is 18.6 Å². The number of nitrogens with two attached hydrogens (primary N) is 2. The predicted molar refractivity (Wildman–Crippen MR) is 159 cm³/mol. The van der Waals surface area contributed by atoms with Crippen LogP contribution in [0, 0.1) is 5.92 Å². The maximum Gasteiger partial charge on any atom is 0.326 e. The molecule has 1 heterocycles. The lowest BCUT2D eigenvalue weighted by atomic mass is 9.96. The van der Waals surface area contributed by atoms with Gasteiger partial charge in [0.1, 0.15) is 18.1 Å². The number of H-pyrrole nitrogens is 1. The number of hydrogen-bond donors (Lipinski definition) is 7. The third-order valence-electron chi connectivity index (χ3n) is 7.06. The highest BCUT2D eigenvalue weighted by Crippen LogP contribution is 2.20. The minimum absolute atomic E-state index is 0.116. The fourth-order valence-electron chi connectivity index (χ4n) is 4.35. The fraction of sp³-hybridized carbons (Fsp3) is 0.571. The lowest BCUT2D eigenvalue weighted by molar-refractivity contribution is -0.142. The van der Waals surface area contributed by atoms with E-state index < -0.39 is 47.9 Å². The van der Waals surface area contributed by atoms with Gasteiger partial charge in [-0.2, -0.15) is 11.8 Å². The van der Waals surface area contributed by atoms with Gasteiger partial charge in [0.15, 0.2) is 0 Å². The number of rotatable bonds is 18. The number of aromatic amines is 1. The minimum Gasteiger partial charge on any atom is -0.480 e. The maximum atomic E-state index is 13.6. The number of hydrogen-bond acceptors (Lipinski definition) is 7. The lowest BCUT2D eigenvalue weighted by Crippen LogP contribution is -2.59. The number of carboxylic acids is 1. The number of carbonyl (C=O) groups is 4. The van der Waals surface area contributed by atoms with E-state index in [-0.39, 0.29) is 18.8 Å². The molecular weight excluding hydrogens is 532 g/mol. The van der Waals surface area contributed by atoms with Gasteiger partial charge >= 0.3 is 5.97 Å². The second-order valence-corrected chi connectivity index (χ2v) is 11.1. The zero-order valence-corrected chi connectivity index (χ0v) is 24.4. The number of benzene rings is 1. The summed E-state index contributed by atoms with van der Waals surface area (Å²) < 4.78 is 0. The van der Waals surface area contributed by atoms with Gasteiger partial charge in [0, 0.05) is 23.5 Å². The third kappa shape index (κ3) is 9.83. The zero-order valence-electron chi connectivity index (χ0n) is 23.6. The van der Waals surface area contributed by atoms with Gasteiger partial charge < -0.3 is 37.5 Å². The Morgan fingerprint density at radius 2 is 1.70 bits per heavy atom. The van der Waals surface area contributed by atoms with E-state index in [2.05, 4.69) is 20.9 Å². The molecule has 2 aromatic rings. The molecule has 0 bridgehead atoms. The van der Waals surface area contributed by atoms with Crippen LogP contribution in [0.15, 0.2) is 30.5 Å². The highest BCUT2D eigenvalue weighted by molar-refractivity contribution is 7.98. The molecule has 1 aromatic carbocycles. The molecule has 0 radical (unpaired) electrons. The first-order valence-electron chi connectivity index (χ1n) is 13.8. The molecule has 2 rings (SSSR count). The average Bonchev–Trinajstić information content (AvgIpc) is 3.35. The van der Waals surface area contributed by atoms with Crippen LogP contribution in [-0.2, 0) is 25.6 Å². The normalized spacial score (nSPS) is 15.0. The standard InChI is InChI=1S/C28H44N6O5S/c1-4-17(2)24(34-25(35)20(30)12-14-40-3)27(37)33-23(15-18-16-31-21-10-6-5-9-19(18)21)26(36)32-22(28(38)39)11-7-8-13-29/h5-6,9-10,16-17,20,22-24,31H,4,7-8,11-15,29-30H2,1-3H3,(H,32,36)(H,33,37)(H,34,35)(H,38,39). The first-order valence-corrected chi connectivity index (χ1v) is 15.2. The lowest BCUT2D eigenvalue weighted by Gasteiger charge is -2.28. The molecule has 0 saturated heterocycles. The van der Waals surface area contributed by atoms with Crippen LogP contribution in [0.5, 0.6) is 0 Å². The molecule has 40 heavy (non-hydrogen) atoms. The summed E-state index contributed by atoms with van der Waals surface area (Å²) >= 11 is 1.58. The van der Waals surface area contributed by atoms with Gasteiger partial charge in [0.2, 0.25) is 17.7 Å². The zero-order chi connectivity index (χ0) is 29.7. The Morgan fingerprint density at radius 3 is 2.35 bits per heavy atom. The number of aliphatic carboxylic acids is 1. The smallest absolute Gasteiger partial charge is 0.326 e. The van der Waals surface area contributed by atoms with E-state index in [1.54, 1.807) is 18.0 Å². The number of amides is 3. The molecule has 5 atom stereocenters. The molecule has 5 unspecified atom stereocenters. The number of aromatic nitrogens is 1. The SMILES string of the molecule is CCC(C)C(NC(=O)C(N)CCSC)C(=O)NC(Cc1c[nH]c2ccccc12)C(=O)NC(CCCCN)C(=O)O. The van der Waals surface area contributed by atoms with Crippen molar-refractivity contribution in [1.82, 2.24) is 20.9 Å². The minimum atomic E-state index is -1.16. The van der Waals surface area contributed by atoms with Gasteiger partial charge in [-0.15, -0.1) is 0 Å². The summed E-state index contributed by atoms with van der Waals surface area (Å²) in [7, 11) is 0. The number of carboxylic acid groups (broad SMARTS) is 1. The van der Waals surface area contributed by atoms with Crippen LogP contribution < -0.4 is 27.4 Å². The largest absolute Gasteiger partial charge is 0.480 e. The van der Waals surface area contributed by atoms with Gasteiger partial charge in [0.05, 0.1) is 6.04 Å². The molecule has 222 valence electrons. The Bertz CT molecular complexity index is 1130. The Labute approximate surface area is 240 Å². The van der Waals surface area contributed by atoms with Crippen LogP contribution in [0.25, 0.3) is 10.9 Å². The molecule has 0 saturated carbocycles. The number of carbonyl (C=O) groups excluding carboxylic acids is 3. The van der Waals surface area contributed by atoms with Crippen molar-refractivity contribution in [2.45, 2.75) is 76.5 Å². The van der Waals surface area contributed by atoms with E-state index in [4.69, 9.17) is 11.5 Å². The van der Waals surface area contributed by atoms with Gasteiger partial charge in [-0.3, -0.25) is 14.4 Å². The topological polar surface area (TPSA) is 192 Å². The van der Waals surface area contributed by atoms with E-state index in [1.807, 2.05) is 44.4 Å². The van der Waals surface area contributed by atoms with Crippen molar-refractivity contribution in [2.24, 2.45) is 17.4 Å². The summed E-state index contributed by atoms with van der Waals surface area (Å²) in [4.78, 5) is 54.8. The Balaban J connectivity index is 2.30. The van der Waals surface area contributed by atoms with Gasteiger partial charge in [-0.1, -0.05) is 38.5 Å². The summed E-state index contributed by atoms with van der Waals surface area (Å²) in [5.74, 6) is -2.28. The van der Waals surface area contributed by atoms with E-state index in [0.717, 1.165) is 16.5 Å². The molecule has 12 heteroatoms. The van der Waals surface area contributed by atoms with Gasteiger partial charge in [-0.25, -0.2) is 4.79 Å². The third-order valence-corrected chi connectivity index (χ3v) is 7.70. The van der Waals surface area contributed by atoms with E-state index in [0.29, 0.717) is 38.0 Å². The second-order valence-electron chi connectivity index (χ2n) is 10.1. The highest BCUT2D eigenvalue weighted by atomic mass is 32.2. The Hall–Kier alpha value is -3.09. The molecule has 0 aliphatic rings. The van der Waals surface area contributed by atoms with E-state index in [1.165, 1.54) is 0 Å². The molecule has 3 amide bonds. The number of para-hydroxylation sites is 1. The fourth-order valence-corrected chi connectivity index (χ4v) is 4.84. The van der Waals surface area contributed by atoms with Crippen molar-refractivity contribution in [1.29, 1.82) is 0 Å². The first kappa shape index (κ1) is 33.1. The summed E-state index contributed by atoms with van der Waals surface area (Å²) in [6.45, 7) is 4.16. The van der Waals surface area contributed by atoms with Crippen LogP contribution in [0.3, 0.4) is 0 Å². The highest BCUT2D eigenvalue weighted by Gasteiger charge is 2.33. The number of fused-ring (bicyclic) bond motifs is 1. The molecule has 0 spiro atoms. The first-order chi connectivity index (χ1) is 19.1.